The van der Waals surface area contributed by atoms with Crippen molar-refractivity contribution in [3.8, 4) is 0 Å². The summed E-state index contributed by atoms with van der Waals surface area (Å²) in [5.41, 5.74) is 2.68. The van der Waals surface area contributed by atoms with Gasteiger partial charge in [-0.3, -0.25) is 0 Å². The molecule has 1 fully saturated rings. The van der Waals surface area contributed by atoms with E-state index in [1.165, 1.54) is 0 Å². The number of nitrogens with zero attached hydrogens (tertiary/aromatic N) is 1. The van der Waals surface area contributed by atoms with E-state index in [1.807, 2.05) is 25.1 Å². The number of hydrogen-bond donors (Lipinski definition) is 2. The summed E-state index contributed by atoms with van der Waals surface area (Å²) in [5, 5.41) is 4.41. The number of aromatic nitrogens is 2. The highest BCUT2D eigenvalue weighted by atomic mass is 16.1. The predicted octanol–water partition coefficient (Wildman–Crippen LogP) is 1.31. The Balaban J connectivity index is 2.29. The van der Waals surface area contributed by atoms with Crippen molar-refractivity contribution in [3.05, 3.63) is 39.9 Å². The molecule has 1 aliphatic heterocycles. The van der Waals surface area contributed by atoms with Gasteiger partial charge in [-0.25, -0.2) is 4.79 Å². The van der Waals surface area contributed by atoms with E-state index in [0.717, 1.165) is 41.7 Å². The van der Waals surface area contributed by atoms with Gasteiger partial charge in [0.2, 0.25) is 0 Å². The first-order chi connectivity index (χ1) is 8.25. The van der Waals surface area contributed by atoms with Crippen molar-refractivity contribution in [1.29, 1.82) is 0 Å². The molecule has 0 radical (unpaired) electrons. The van der Waals surface area contributed by atoms with Gasteiger partial charge in [0.1, 0.15) is 0 Å². The molecule has 0 saturated carbocycles. The van der Waals surface area contributed by atoms with E-state index < -0.39 is 0 Å². The summed E-state index contributed by atoms with van der Waals surface area (Å²) < 4.78 is 0. The summed E-state index contributed by atoms with van der Waals surface area (Å²) in [6.07, 6.45) is 1.07. The van der Waals surface area contributed by atoms with Gasteiger partial charge in [0.25, 0.3) is 0 Å². The maximum absolute atomic E-state index is 11.6. The summed E-state index contributed by atoms with van der Waals surface area (Å²) in [4.78, 5) is 18.6. The van der Waals surface area contributed by atoms with E-state index in [4.69, 9.17) is 0 Å². The van der Waals surface area contributed by atoms with Crippen LogP contribution in [0.2, 0.25) is 0 Å². The van der Waals surface area contributed by atoms with Crippen LogP contribution in [0.3, 0.4) is 0 Å². The van der Waals surface area contributed by atoms with Crippen LogP contribution in [0, 0.1) is 6.92 Å². The van der Waals surface area contributed by atoms with Crippen molar-refractivity contribution in [3.63, 3.8) is 0 Å². The second-order valence-corrected chi connectivity index (χ2v) is 4.62. The second-order valence-electron chi connectivity index (χ2n) is 4.62. The van der Waals surface area contributed by atoms with Crippen molar-refractivity contribution in [2.24, 2.45) is 0 Å². The number of para-hydroxylation sites is 1. The van der Waals surface area contributed by atoms with E-state index in [0.29, 0.717) is 5.92 Å². The highest BCUT2D eigenvalue weighted by Crippen LogP contribution is 2.26. The Morgan fingerprint density at radius 2 is 2.29 bits per heavy atom. The Bertz CT molecular complexity index is 612. The molecule has 1 aromatic heterocycles. The molecule has 2 N–H and O–H groups in total. The summed E-state index contributed by atoms with van der Waals surface area (Å²) in [7, 11) is 0. The minimum atomic E-state index is -0.242. The first-order valence-electron chi connectivity index (χ1n) is 5.96. The highest BCUT2D eigenvalue weighted by Gasteiger charge is 2.20. The molecule has 2 aromatic rings. The van der Waals surface area contributed by atoms with Crippen LogP contribution < -0.4 is 11.0 Å². The summed E-state index contributed by atoms with van der Waals surface area (Å²) in [5.74, 6) is 0.398. The molecule has 17 heavy (non-hydrogen) atoms. The third-order valence-electron chi connectivity index (χ3n) is 3.45. The van der Waals surface area contributed by atoms with Gasteiger partial charge in [-0.15, -0.1) is 0 Å². The molecule has 2 heterocycles. The Kier molecular flexibility index (Phi) is 2.44. The number of aryl methyl sites for hydroxylation is 1. The van der Waals surface area contributed by atoms with Crippen LogP contribution in [0.25, 0.3) is 10.9 Å². The van der Waals surface area contributed by atoms with Crippen LogP contribution in [0.5, 0.6) is 0 Å². The molecular weight excluding hydrogens is 214 g/mol. The maximum Gasteiger partial charge on any atom is 0.345 e. The Morgan fingerprint density at radius 1 is 1.41 bits per heavy atom. The van der Waals surface area contributed by atoms with Gasteiger partial charge < -0.3 is 10.3 Å². The zero-order chi connectivity index (χ0) is 11.8. The van der Waals surface area contributed by atoms with Crippen molar-refractivity contribution in [2.45, 2.75) is 19.3 Å². The normalized spacial score (nSPS) is 19.9. The predicted molar refractivity (Wildman–Crippen MR) is 67.3 cm³/mol. The van der Waals surface area contributed by atoms with E-state index in [1.54, 1.807) is 0 Å². The maximum atomic E-state index is 11.6. The smallest absolute Gasteiger partial charge is 0.316 e. The van der Waals surface area contributed by atoms with Crippen LogP contribution in [0.1, 0.15) is 23.6 Å². The number of hydrogen-bond acceptors (Lipinski definition) is 3. The molecule has 0 aliphatic carbocycles. The molecule has 1 unspecified atom stereocenters. The molecule has 0 bridgehead atoms. The van der Waals surface area contributed by atoms with E-state index in [2.05, 4.69) is 15.3 Å². The van der Waals surface area contributed by atoms with Crippen molar-refractivity contribution < 1.29 is 0 Å². The molecule has 0 spiro atoms. The Hall–Kier alpha value is -1.68. The largest absolute Gasteiger partial charge is 0.345 e. The van der Waals surface area contributed by atoms with E-state index in [9.17, 15) is 4.79 Å². The number of benzene rings is 1. The minimum Gasteiger partial charge on any atom is -0.316 e. The summed E-state index contributed by atoms with van der Waals surface area (Å²) >= 11 is 0. The van der Waals surface area contributed by atoms with Gasteiger partial charge in [-0.1, -0.05) is 18.2 Å². The molecule has 0 amide bonds. The molecule has 1 aliphatic rings. The van der Waals surface area contributed by atoms with Crippen molar-refractivity contribution in [1.82, 2.24) is 15.3 Å². The van der Waals surface area contributed by atoms with Crippen LogP contribution in [-0.2, 0) is 0 Å². The quantitative estimate of drug-likeness (QED) is 0.775. The lowest BCUT2D eigenvalue weighted by molar-refractivity contribution is 0.734. The highest BCUT2D eigenvalue weighted by molar-refractivity contribution is 5.83. The molecule has 4 nitrogen and oxygen atoms in total. The van der Waals surface area contributed by atoms with Crippen LogP contribution in [0.4, 0.5) is 0 Å². The summed E-state index contributed by atoms with van der Waals surface area (Å²) in [6, 6.07) is 6.05. The first-order valence-corrected chi connectivity index (χ1v) is 5.96. The third kappa shape index (κ3) is 1.74. The molecule has 4 heteroatoms. The lowest BCUT2D eigenvalue weighted by atomic mass is 9.99. The molecular formula is C13H15N3O. The van der Waals surface area contributed by atoms with Crippen molar-refractivity contribution >= 4 is 10.9 Å². The molecule has 88 valence electrons. The number of aromatic amines is 1. The van der Waals surface area contributed by atoms with E-state index >= 15 is 0 Å². The molecule has 1 saturated heterocycles. The molecule has 1 aromatic carbocycles. The topological polar surface area (TPSA) is 57.8 Å². The number of fused-ring (bicyclic) bond motifs is 1. The number of nitrogens with one attached hydrogen (secondary N) is 2. The second kappa shape index (κ2) is 3.96. The third-order valence-corrected chi connectivity index (χ3v) is 3.45. The van der Waals surface area contributed by atoms with Gasteiger partial charge in [-0.2, -0.15) is 4.98 Å². The van der Waals surface area contributed by atoms with Gasteiger partial charge in [-0.05, 0) is 25.5 Å². The SMILES string of the molecule is Cc1cccc2c(C3CCNC3)[nH]c(=O)nc12. The molecule has 1 atom stereocenters. The summed E-state index contributed by atoms with van der Waals surface area (Å²) in [6.45, 7) is 3.94. The zero-order valence-corrected chi connectivity index (χ0v) is 9.79. The number of H-pyrrole nitrogens is 1. The first kappa shape index (κ1) is 10.5. The van der Waals surface area contributed by atoms with Gasteiger partial charge >= 0.3 is 5.69 Å². The Labute approximate surface area is 99.1 Å². The van der Waals surface area contributed by atoms with Gasteiger partial charge in [0.15, 0.2) is 0 Å². The minimum absolute atomic E-state index is 0.242. The fourth-order valence-electron chi connectivity index (χ4n) is 2.56. The van der Waals surface area contributed by atoms with Crippen LogP contribution >= 0.6 is 0 Å². The monoisotopic (exact) mass is 229 g/mol. The average Bonchev–Trinajstić information content (AvgIpc) is 2.83. The fraction of sp³-hybridized carbons (Fsp3) is 0.385. The fourth-order valence-corrected chi connectivity index (χ4v) is 2.56. The standard InChI is InChI=1S/C13H15N3O/c1-8-3-2-4-10-11(8)15-13(17)16-12(10)9-5-6-14-7-9/h2-4,9,14H,5-7H2,1H3,(H,15,16,17). The molecule has 3 rings (SSSR count). The van der Waals surface area contributed by atoms with Crippen LogP contribution in [-0.4, -0.2) is 23.1 Å². The lowest BCUT2D eigenvalue weighted by Gasteiger charge is -2.12. The lowest BCUT2D eigenvalue weighted by Crippen LogP contribution is -2.17. The van der Waals surface area contributed by atoms with Crippen molar-refractivity contribution in [2.75, 3.05) is 13.1 Å². The van der Waals surface area contributed by atoms with Gasteiger partial charge in [0.05, 0.1) is 5.52 Å². The zero-order valence-electron chi connectivity index (χ0n) is 9.79. The van der Waals surface area contributed by atoms with Crippen LogP contribution in [0.15, 0.2) is 23.0 Å². The van der Waals surface area contributed by atoms with Gasteiger partial charge in [0, 0.05) is 23.5 Å². The Morgan fingerprint density at radius 3 is 3.06 bits per heavy atom. The average molecular weight is 229 g/mol. The number of rotatable bonds is 1. The van der Waals surface area contributed by atoms with E-state index in [-0.39, 0.29) is 5.69 Å².